The molecule has 1 saturated heterocycles. The van der Waals surface area contributed by atoms with Crippen LogP contribution in [-0.2, 0) is 16.4 Å². The van der Waals surface area contributed by atoms with Crippen LogP contribution in [0, 0.1) is 0 Å². The number of ether oxygens (including phenoxy) is 1. The zero-order chi connectivity index (χ0) is 25.7. The van der Waals surface area contributed by atoms with Crippen molar-refractivity contribution in [1.82, 2.24) is 19.1 Å². The highest BCUT2D eigenvalue weighted by Gasteiger charge is 2.31. The van der Waals surface area contributed by atoms with E-state index in [4.69, 9.17) is 16.3 Å². The summed E-state index contributed by atoms with van der Waals surface area (Å²) in [7, 11) is -3.34. The Hall–Kier alpha value is -2.95. The molecule has 2 aromatic heterocycles. The number of anilines is 1. The van der Waals surface area contributed by atoms with Gasteiger partial charge in [-0.2, -0.15) is 14.1 Å². The van der Waals surface area contributed by atoms with Crippen molar-refractivity contribution in [3.8, 4) is 11.4 Å². The van der Waals surface area contributed by atoms with Crippen molar-refractivity contribution in [3.05, 3.63) is 75.9 Å². The van der Waals surface area contributed by atoms with Crippen LogP contribution in [0.1, 0.15) is 26.0 Å². The SMILES string of the molecule is CC(C)S(=O)(=O)N1CCN(c2cnn(-c3cccc(Cl)c3)c(=O)c2OCCCc2ccccn2)CC1. The zero-order valence-electron chi connectivity index (χ0n) is 20.4. The number of aryl methyl sites for hydroxylation is 1. The number of aromatic nitrogens is 3. The summed E-state index contributed by atoms with van der Waals surface area (Å²) in [6.45, 7) is 5.20. The summed E-state index contributed by atoms with van der Waals surface area (Å²) in [5.41, 5.74) is 1.64. The van der Waals surface area contributed by atoms with E-state index in [0.717, 1.165) is 12.1 Å². The Morgan fingerprint density at radius 1 is 1.08 bits per heavy atom. The Morgan fingerprint density at radius 3 is 2.53 bits per heavy atom. The highest BCUT2D eigenvalue weighted by molar-refractivity contribution is 7.89. The molecule has 1 fully saturated rings. The molecule has 0 aliphatic carbocycles. The van der Waals surface area contributed by atoms with Gasteiger partial charge in [-0.3, -0.25) is 9.78 Å². The van der Waals surface area contributed by atoms with Gasteiger partial charge in [-0.1, -0.05) is 23.7 Å². The van der Waals surface area contributed by atoms with E-state index in [0.29, 0.717) is 55.6 Å². The standard InChI is InChI=1S/C25H30ClN5O4S/c1-19(2)36(33,34)30-14-12-29(13-15-30)23-18-28-31(22-10-5-7-20(26)17-22)25(32)24(23)35-16-6-9-21-8-3-4-11-27-21/h3-5,7-8,10-11,17-19H,6,9,12-16H2,1-2H3. The largest absolute Gasteiger partial charge is 0.486 e. The molecule has 0 atom stereocenters. The first kappa shape index (κ1) is 26.1. The molecule has 3 heterocycles. The van der Waals surface area contributed by atoms with Crippen molar-refractivity contribution in [2.24, 2.45) is 0 Å². The van der Waals surface area contributed by atoms with Crippen LogP contribution in [-0.4, -0.2) is 65.5 Å². The number of pyridine rings is 1. The van der Waals surface area contributed by atoms with E-state index < -0.39 is 20.8 Å². The molecule has 1 aromatic carbocycles. The van der Waals surface area contributed by atoms with Crippen molar-refractivity contribution in [2.45, 2.75) is 31.9 Å². The number of hydrogen-bond donors (Lipinski definition) is 0. The lowest BCUT2D eigenvalue weighted by Crippen LogP contribution is -2.50. The second kappa shape index (κ2) is 11.4. The van der Waals surface area contributed by atoms with Gasteiger partial charge in [0, 0.05) is 43.1 Å². The normalized spacial score (nSPS) is 14.8. The first-order valence-electron chi connectivity index (χ1n) is 11.9. The first-order valence-corrected chi connectivity index (χ1v) is 13.8. The summed E-state index contributed by atoms with van der Waals surface area (Å²) >= 11 is 6.13. The molecule has 4 rings (SSSR count). The van der Waals surface area contributed by atoms with Gasteiger partial charge >= 0.3 is 5.56 Å². The van der Waals surface area contributed by atoms with Crippen molar-refractivity contribution >= 4 is 27.3 Å². The molecule has 0 bridgehead atoms. The number of rotatable bonds is 9. The van der Waals surface area contributed by atoms with E-state index in [1.807, 2.05) is 23.1 Å². The molecule has 11 heteroatoms. The van der Waals surface area contributed by atoms with Gasteiger partial charge in [0.25, 0.3) is 0 Å². The number of nitrogens with zero attached hydrogens (tertiary/aromatic N) is 5. The summed E-state index contributed by atoms with van der Waals surface area (Å²) in [4.78, 5) is 19.8. The van der Waals surface area contributed by atoms with E-state index >= 15 is 0 Å². The van der Waals surface area contributed by atoms with E-state index in [1.54, 1.807) is 50.5 Å². The topological polar surface area (TPSA) is 97.6 Å². The van der Waals surface area contributed by atoms with Crippen LogP contribution >= 0.6 is 11.6 Å². The van der Waals surface area contributed by atoms with Gasteiger partial charge < -0.3 is 9.64 Å². The van der Waals surface area contributed by atoms with Gasteiger partial charge in [-0.25, -0.2) is 8.42 Å². The lowest BCUT2D eigenvalue weighted by molar-refractivity contribution is 0.302. The molecule has 3 aromatic rings. The Kier molecular flexibility index (Phi) is 8.28. The summed E-state index contributed by atoms with van der Waals surface area (Å²) in [6, 6.07) is 12.7. The third kappa shape index (κ3) is 5.88. The van der Waals surface area contributed by atoms with Gasteiger partial charge in [0.15, 0.2) is 0 Å². The molecule has 36 heavy (non-hydrogen) atoms. The van der Waals surface area contributed by atoms with Crippen LogP contribution in [0.2, 0.25) is 5.02 Å². The lowest BCUT2D eigenvalue weighted by Gasteiger charge is -2.36. The van der Waals surface area contributed by atoms with Crippen molar-refractivity contribution < 1.29 is 13.2 Å². The Labute approximate surface area is 216 Å². The highest BCUT2D eigenvalue weighted by Crippen LogP contribution is 2.27. The monoisotopic (exact) mass is 531 g/mol. The maximum atomic E-state index is 13.5. The average Bonchev–Trinajstić information content (AvgIpc) is 2.88. The molecule has 0 amide bonds. The maximum Gasteiger partial charge on any atom is 0.316 e. The predicted molar refractivity (Wildman–Crippen MR) is 141 cm³/mol. The highest BCUT2D eigenvalue weighted by atomic mass is 35.5. The molecular formula is C25H30ClN5O4S. The van der Waals surface area contributed by atoms with Crippen LogP contribution < -0.4 is 15.2 Å². The number of benzene rings is 1. The molecule has 0 radical (unpaired) electrons. The van der Waals surface area contributed by atoms with Gasteiger partial charge in [0.05, 0.1) is 23.7 Å². The van der Waals surface area contributed by atoms with E-state index in [9.17, 15) is 13.2 Å². The third-order valence-electron chi connectivity index (χ3n) is 6.05. The third-order valence-corrected chi connectivity index (χ3v) is 8.56. The van der Waals surface area contributed by atoms with E-state index in [1.165, 1.54) is 8.99 Å². The van der Waals surface area contributed by atoms with E-state index in [-0.39, 0.29) is 5.75 Å². The predicted octanol–water partition coefficient (Wildman–Crippen LogP) is 3.15. The maximum absolute atomic E-state index is 13.5. The minimum absolute atomic E-state index is 0.186. The van der Waals surface area contributed by atoms with Crippen molar-refractivity contribution in [3.63, 3.8) is 0 Å². The van der Waals surface area contributed by atoms with Gasteiger partial charge in [0.2, 0.25) is 15.8 Å². The number of halogens is 1. The average molecular weight is 532 g/mol. The Balaban J connectivity index is 1.57. The fraction of sp³-hybridized carbons (Fsp3) is 0.400. The summed E-state index contributed by atoms with van der Waals surface area (Å²) in [5.74, 6) is 0.186. The van der Waals surface area contributed by atoms with Crippen LogP contribution in [0.25, 0.3) is 5.69 Å². The summed E-state index contributed by atoms with van der Waals surface area (Å²) in [5, 5.41) is 4.39. The minimum Gasteiger partial charge on any atom is -0.486 e. The second-order valence-corrected chi connectivity index (χ2v) is 11.7. The van der Waals surface area contributed by atoms with Crippen LogP contribution in [0.4, 0.5) is 5.69 Å². The smallest absolute Gasteiger partial charge is 0.316 e. The quantitative estimate of drug-likeness (QED) is 0.391. The number of piperazine rings is 1. The number of sulfonamides is 1. The summed E-state index contributed by atoms with van der Waals surface area (Å²) < 4.78 is 34.0. The van der Waals surface area contributed by atoms with Crippen molar-refractivity contribution in [2.75, 3.05) is 37.7 Å². The number of hydrogen-bond acceptors (Lipinski definition) is 7. The molecule has 0 spiro atoms. The molecule has 0 saturated carbocycles. The second-order valence-electron chi connectivity index (χ2n) is 8.81. The van der Waals surface area contributed by atoms with Gasteiger partial charge in [-0.15, -0.1) is 0 Å². The first-order chi connectivity index (χ1) is 17.3. The molecule has 192 valence electrons. The minimum atomic E-state index is -3.34. The molecule has 0 N–H and O–H groups in total. The molecule has 9 nitrogen and oxygen atoms in total. The van der Waals surface area contributed by atoms with Crippen LogP contribution in [0.3, 0.4) is 0 Å². The molecular weight excluding hydrogens is 502 g/mol. The summed E-state index contributed by atoms with van der Waals surface area (Å²) in [6.07, 6.45) is 4.74. The molecule has 1 aliphatic heterocycles. The fourth-order valence-corrected chi connectivity index (χ4v) is 5.49. The Morgan fingerprint density at radius 2 is 1.86 bits per heavy atom. The Bertz CT molecular complexity index is 1340. The molecule has 1 aliphatic rings. The van der Waals surface area contributed by atoms with E-state index in [2.05, 4.69) is 10.1 Å². The molecule has 0 unspecified atom stereocenters. The lowest BCUT2D eigenvalue weighted by atomic mass is 10.2. The van der Waals surface area contributed by atoms with Crippen LogP contribution in [0.15, 0.2) is 59.7 Å². The zero-order valence-corrected chi connectivity index (χ0v) is 22.0. The van der Waals surface area contributed by atoms with Gasteiger partial charge in [0.1, 0.15) is 5.69 Å². The van der Waals surface area contributed by atoms with Crippen LogP contribution in [0.5, 0.6) is 5.75 Å². The fourth-order valence-electron chi connectivity index (χ4n) is 4.04. The van der Waals surface area contributed by atoms with Gasteiger partial charge in [-0.05, 0) is 57.0 Å². The van der Waals surface area contributed by atoms with Crippen molar-refractivity contribution in [1.29, 1.82) is 0 Å².